The number of rotatable bonds is 4. The molecule has 1 unspecified atom stereocenters. The number of halogens is 2. The highest BCUT2D eigenvalue weighted by atomic mass is 19.3. The molecule has 86 valence electrons. The topological polar surface area (TPSA) is 90.8 Å². The van der Waals surface area contributed by atoms with Crippen LogP contribution in [0.1, 0.15) is 6.42 Å². The van der Waals surface area contributed by atoms with Gasteiger partial charge in [-0.2, -0.15) is 0 Å². The largest absolute Gasteiger partial charge is 0.571 e. The van der Waals surface area contributed by atoms with Gasteiger partial charge in [-0.05, 0) is 6.42 Å². The molecule has 0 saturated carbocycles. The minimum absolute atomic E-state index is 0.0195. The normalized spacial score (nSPS) is 23.1. The van der Waals surface area contributed by atoms with E-state index in [1.54, 1.807) is 0 Å². The summed E-state index contributed by atoms with van der Waals surface area (Å²) >= 11 is 0. The van der Waals surface area contributed by atoms with Gasteiger partial charge in [0, 0.05) is 19.1 Å². The van der Waals surface area contributed by atoms with Gasteiger partial charge in [0.05, 0.1) is 6.61 Å². The Balaban J connectivity index is 2.54. The van der Waals surface area contributed by atoms with Gasteiger partial charge in [0.25, 0.3) is 0 Å². The molecule has 2 N–H and O–H groups in total. The molecule has 1 heterocycles. The Hall–Kier alpha value is -1.31. The van der Waals surface area contributed by atoms with Gasteiger partial charge >= 0.3 is 6.05 Å². The molecule has 1 fully saturated rings. The van der Waals surface area contributed by atoms with Gasteiger partial charge in [0.2, 0.25) is 5.84 Å². The number of amidine groups is 1. The molecule has 0 aromatic heterocycles. The first kappa shape index (κ1) is 11.8. The summed E-state index contributed by atoms with van der Waals surface area (Å²) in [4.78, 5) is 11.5. The fourth-order valence-electron chi connectivity index (χ4n) is 1.14. The van der Waals surface area contributed by atoms with E-state index in [1.165, 1.54) is 0 Å². The smallest absolute Gasteiger partial charge is 0.381 e. The van der Waals surface area contributed by atoms with Crippen LogP contribution in [0, 0.1) is 16.0 Å². The highest BCUT2D eigenvalue weighted by molar-refractivity contribution is 5.85. The van der Waals surface area contributed by atoms with Crippen LogP contribution < -0.4 is 5.73 Å². The Labute approximate surface area is 84.3 Å². The van der Waals surface area contributed by atoms with Crippen molar-refractivity contribution in [3.05, 3.63) is 10.1 Å². The maximum Gasteiger partial charge on any atom is 0.571 e. The Kier molecular flexibility index (Phi) is 3.51. The molecule has 1 atom stereocenters. The number of aliphatic imine (C=N–C) groups is 1. The third-order valence-electron chi connectivity index (χ3n) is 2.08. The Morgan fingerprint density at radius 2 is 2.40 bits per heavy atom. The molecule has 0 radical (unpaired) electrons. The second kappa shape index (κ2) is 4.47. The van der Waals surface area contributed by atoms with Crippen LogP contribution in [0.5, 0.6) is 0 Å². The fraction of sp³-hybridized carbons (Fsp3) is 0.857. The summed E-state index contributed by atoms with van der Waals surface area (Å²) in [6.45, 7) is 1.03. The summed E-state index contributed by atoms with van der Waals surface area (Å²) in [6, 6.07) is -4.28. The summed E-state index contributed by atoms with van der Waals surface area (Å²) in [5.74, 6) is -1.23. The van der Waals surface area contributed by atoms with Gasteiger partial charge in [0.1, 0.15) is 4.92 Å². The average Bonchev–Trinajstić information content (AvgIpc) is 2.66. The molecule has 1 saturated heterocycles. The number of nitro groups is 1. The number of alkyl halides is 2. The van der Waals surface area contributed by atoms with Crippen LogP contribution in [0.3, 0.4) is 0 Å². The monoisotopic (exact) mass is 223 g/mol. The van der Waals surface area contributed by atoms with Crippen LogP contribution in [-0.2, 0) is 4.74 Å². The van der Waals surface area contributed by atoms with Crippen molar-refractivity contribution in [2.75, 3.05) is 19.8 Å². The van der Waals surface area contributed by atoms with Crippen LogP contribution in [0.15, 0.2) is 4.99 Å². The van der Waals surface area contributed by atoms with Crippen LogP contribution in [-0.4, -0.2) is 36.6 Å². The summed E-state index contributed by atoms with van der Waals surface area (Å²) in [5.41, 5.74) is 4.85. The van der Waals surface area contributed by atoms with Gasteiger partial charge in [-0.3, -0.25) is 15.1 Å². The zero-order valence-corrected chi connectivity index (χ0v) is 7.86. The Morgan fingerprint density at radius 1 is 1.73 bits per heavy atom. The molecule has 15 heavy (non-hydrogen) atoms. The molecule has 8 heteroatoms. The van der Waals surface area contributed by atoms with Crippen LogP contribution in [0.2, 0.25) is 0 Å². The van der Waals surface area contributed by atoms with Gasteiger partial charge in [0.15, 0.2) is 0 Å². The number of ether oxygens (including phenoxy) is 1. The lowest BCUT2D eigenvalue weighted by molar-refractivity contribution is -0.617. The Morgan fingerprint density at radius 3 is 2.87 bits per heavy atom. The molecule has 0 aromatic carbocycles. The quantitative estimate of drug-likeness (QED) is 0.243. The number of hydrogen-bond acceptors (Lipinski definition) is 4. The number of nitrogens with two attached hydrogens (primary N) is 1. The van der Waals surface area contributed by atoms with Crippen LogP contribution in [0.4, 0.5) is 8.78 Å². The first-order chi connectivity index (χ1) is 6.94. The van der Waals surface area contributed by atoms with Crippen molar-refractivity contribution < 1.29 is 18.4 Å². The summed E-state index contributed by atoms with van der Waals surface area (Å²) in [7, 11) is 0. The summed E-state index contributed by atoms with van der Waals surface area (Å²) in [5, 5.41) is 9.93. The van der Waals surface area contributed by atoms with Gasteiger partial charge < -0.3 is 10.5 Å². The molecule has 0 amide bonds. The predicted octanol–water partition coefficient (Wildman–Crippen LogP) is 0.250. The second-order valence-electron chi connectivity index (χ2n) is 3.25. The summed E-state index contributed by atoms with van der Waals surface area (Å²) in [6.07, 6.45) is 0.709. The van der Waals surface area contributed by atoms with Crippen molar-refractivity contribution >= 4 is 5.84 Å². The van der Waals surface area contributed by atoms with Crippen molar-refractivity contribution in [3.8, 4) is 0 Å². The fourth-order valence-corrected chi connectivity index (χ4v) is 1.14. The van der Waals surface area contributed by atoms with Crippen LogP contribution in [0.25, 0.3) is 0 Å². The van der Waals surface area contributed by atoms with E-state index in [2.05, 4.69) is 4.99 Å². The Bertz CT molecular complexity index is 277. The third-order valence-corrected chi connectivity index (χ3v) is 2.08. The second-order valence-corrected chi connectivity index (χ2v) is 3.25. The minimum atomic E-state index is -4.28. The molecule has 0 spiro atoms. The van der Waals surface area contributed by atoms with Crippen molar-refractivity contribution in [1.29, 1.82) is 0 Å². The molecule has 0 aromatic rings. The molecular formula is C7H11F2N3O3. The molecule has 1 rings (SSSR count). The summed E-state index contributed by atoms with van der Waals surface area (Å²) < 4.78 is 30.2. The lowest BCUT2D eigenvalue weighted by Gasteiger charge is -2.07. The molecule has 1 aliphatic heterocycles. The zero-order chi connectivity index (χ0) is 11.5. The van der Waals surface area contributed by atoms with E-state index in [-0.39, 0.29) is 12.5 Å². The molecule has 0 bridgehead atoms. The van der Waals surface area contributed by atoms with Gasteiger partial charge in [-0.1, -0.05) is 0 Å². The van der Waals surface area contributed by atoms with Crippen molar-refractivity contribution in [3.63, 3.8) is 0 Å². The van der Waals surface area contributed by atoms with Crippen molar-refractivity contribution in [2.45, 2.75) is 12.5 Å². The molecular weight excluding hydrogens is 212 g/mol. The lowest BCUT2D eigenvalue weighted by Crippen LogP contribution is -2.43. The lowest BCUT2D eigenvalue weighted by atomic mass is 10.1. The number of nitrogens with zero attached hydrogens (tertiary/aromatic N) is 2. The molecule has 6 nitrogen and oxygen atoms in total. The first-order valence-electron chi connectivity index (χ1n) is 4.35. The van der Waals surface area contributed by atoms with Crippen LogP contribution >= 0.6 is 0 Å². The maximum atomic E-state index is 12.6. The van der Waals surface area contributed by atoms with Crippen molar-refractivity contribution in [2.24, 2.45) is 16.6 Å². The van der Waals surface area contributed by atoms with Crippen molar-refractivity contribution in [1.82, 2.24) is 0 Å². The predicted molar refractivity (Wildman–Crippen MR) is 47.4 cm³/mol. The molecule has 0 aliphatic carbocycles. The highest BCUT2D eigenvalue weighted by Gasteiger charge is 2.49. The maximum absolute atomic E-state index is 12.6. The van der Waals surface area contributed by atoms with E-state index in [1.807, 2.05) is 0 Å². The average molecular weight is 223 g/mol. The van der Waals surface area contributed by atoms with Gasteiger partial charge in [-0.25, -0.2) is 0 Å². The minimum Gasteiger partial charge on any atom is -0.381 e. The standard InChI is InChI=1S/C7H11F2N3O3/c8-7(9,12(13)14)6(10)11-3-5-1-2-15-4-5/h5H,1-4H2,(H2,10,11). The van der Waals surface area contributed by atoms with E-state index in [4.69, 9.17) is 10.5 Å². The highest BCUT2D eigenvalue weighted by Crippen LogP contribution is 2.16. The SMILES string of the molecule is NC(=NCC1CCOC1)C(F)(F)[N+](=O)[O-]. The third kappa shape index (κ3) is 2.82. The van der Waals surface area contributed by atoms with E-state index in [9.17, 15) is 18.9 Å². The first-order valence-corrected chi connectivity index (χ1v) is 4.35. The zero-order valence-electron chi connectivity index (χ0n) is 7.86. The van der Waals surface area contributed by atoms with Gasteiger partial charge in [-0.15, -0.1) is 8.78 Å². The van der Waals surface area contributed by atoms with E-state index >= 15 is 0 Å². The van der Waals surface area contributed by atoms with E-state index < -0.39 is 16.8 Å². The number of hydrogen-bond donors (Lipinski definition) is 1. The van der Waals surface area contributed by atoms with E-state index in [0.29, 0.717) is 19.6 Å². The molecule has 1 aliphatic rings. The van der Waals surface area contributed by atoms with E-state index in [0.717, 1.165) is 0 Å².